The van der Waals surface area contributed by atoms with E-state index in [2.05, 4.69) is 15.5 Å². The molecule has 1 N–H and O–H groups in total. The molecule has 1 aliphatic heterocycles. The Morgan fingerprint density at radius 1 is 1.18 bits per heavy atom. The van der Waals surface area contributed by atoms with Crippen molar-refractivity contribution < 1.29 is 18.7 Å². The molecular formula is C20H19N3O4S. The summed E-state index contributed by atoms with van der Waals surface area (Å²) in [4.78, 5) is 12.3. The highest BCUT2D eigenvalue weighted by Crippen LogP contribution is 2.34. The number of aryl methyl sites for hydroxylation is 1. The lowest BCUT2D eigenvalue weighted by Crippen LogP contribution is -2.28. The highest BCUT2D eigenvalue weighted by atomic mass is 32.2. The molecule has 0 saturated carbocycles. The highest BCUT2D eigenvalue weighted by molar-refractivity contribution is 7.99. The number of aromatic nitrogens is 2. The van der Waals surface area contributed by atoms with E-state index in [0.29, 0.717) is 16.9 Å². The number of hydrogen-bond acceptors (Lipinski definition) is 7. The summed E-state index contributed by atoms with van der Waals surface area (Å²) in [5, 5.41) is 11.4. The fraction of sp³-hybridized carbons (Fsp3) is 0.250. The number of carbonyl (C=O) groups excluding carboxylic acids is 1. The van der Waals surface area contributed by atoms with Crippen molar-refractivity contribution in [2.75, 3.05) is 12.5 Å². The predicted molar refractivity (Wildman–Crippen MR) is 104 cm³/mol. The lowest BCUT2D eigenvalue weighted by atomic mass is 10.1. The summed E-state index contributed by atoms with van der Waals surface area (Å²) in [5.41, 5.74) is 2.89. The Morgan fingerprint density at radius 2 is 2.00 bits per heavy atom. The molecule has 8 heteroatoms. The molecule has 1 amide bonds. The molecule has 0 spiro atoms. The predicted octanol–water partition coefficient (Wildman–Crippen LogP) is 3.74. The summed E-state index contributed by atoms with van der Waals surface area (Å²) >= 11 is 1.21. The molecule has 2 heterocycles. The van der Waals surface area contributed by atoms with Crippen molar-refractivity contribution in [1.82, 2.24) is 15.5 Å². The number of carbonyl (C=O) groups is 1. The molecule has 0 saturated heterocycles. The van der Waals surface area contributed by atoms with E-state index in [9.17, 15) is 4.79 Å². The molecule has 1 aromatic heterocycles. The Bertz CT molecular complexity index is 1000. The molecule has 3 aromatic rings. The first kappa shape index (κ1) is 18.4. The van der Waals surface area contributed by atoms with E-state index in [1.165, 1.54) is 11.8 Å². The van der Waals surface area contributed by atoms with Crippen LogP contribution in [0.3, 0.4) is 0 Å². The number of hydrogen-bond donors (Lipinski definition) is 1. The van der Waals surface area contributed by atoms with Gasteiger partial charge in [0.1, 0.15) is 0 Å². The van der Waals surface area contributed by atoms with Crippen molar-refractivity contribution in [2.24, 2.45) is 0 Å². The Kier molecular flexibility index (Phi) is 5.21. The number of nitrogens with one attached hydrogen (secondary N) is 1. The van der Waals surface area contributed by atoms with Gasteiger partial charge in [0.05, 0.1) is 11.8 Å². The van der Waals surface area contributed by atoms with Gasteiger partial charge in [-0.15, -0.1) is 10.2 Å². The van der Waals surface area contributed by atoms with Gasteiger partial charge in [-0.05, 0) is 43.2 Å². The molecule has 0 fully saturated rings. The van der Waals surface area contributed by atoms with Gasteiger partial charge in [0.15, 0.2) is 11.5 Å². The van der Waals surface area contributed by atoms with Crippen molar-refractivity contribution in [3.63, 3.8) is 0 Å². The van der Waals surface area contributed by atoms with Crippen LogP contribution < -0.4 is 14.8 Å². The standard InChI is InChI=1S/C20H19N3O4S/c1-12-5-3-4-6-15(12)19-22-23-20(27-19)28-10-18(24)21-13(2)14-7-8-16-17(9-14)26-11-25-16/h3-9,13H,10-11H2,1-2H3,(H,21,24)/t13-/m0/s1. The fourth-order valence-electron chi connectivity index (χ4n) is 2.87. The Balaban J connectivity index is 1.33. The largest absolute Gasteiger partial charge is 0.454 e. The van der Waals surface area contributed by atoms with Crippen LogP contribution in [-0.4, -0.2) is 28.7 Å². The normalized spacial score (nSPS) is 13.4. The first-order chi connectivity index (χ1) is 13.6. The smallest absolute Gasteiger partial charge is 0.277 e. The molecule has 2 aromatic carbocycles. The van der Waals surface area contributed by atoms with Crippen LogP contribution in [-0.2, 0) is 4.79 Å². The Labute approximate surface area is 166 Å². The first-order valence-corrected chi connectivity index (χ1v) is 9.80. The summed E-state index contributed by atoms with van der Waals surface area (Å²) in [7, 11) is 0. The van der Waals surface area contributed by atoms with Crippen LogP contribution in [0.4, 0.5) is 0 Å². The summed E-state index contributed by atoms with van der Waals surface area (Å²) in [6, 6.07) is 13.3. The highest BCUT2D eigenvalue weighted by Gasteiger charge is 2.18. The summed E-state index contributed by atoms with van der Waals surface area (Å²) in [6.07, 6.45) is 0. The van der Waals surface area contributed by atoms with Crippen LogP contribution in [0, 0.1) is 6.92 Å². The number of fused-ring (bicyclic) bond motifs is 1. The maximum absolute atomic E-state index is 12.3. The summed E-state index contributed by atoms with van der Waals surface area (Å²) in [6.45, 7) is 4.13. The molecule has 7 nitrogen and oxygen atoms in total. The van der Waals surface area contributed by atoms with Crippen LogP contribution >= 0.6 is 11.8 Å². The van der Waals surface area contributed by atoms with E-state index < -0.39 is 0 Å². The zero-order valence-electron chi connectivity index (χ0n) is 15.5. The molecule has 0 unspecified atom stereocenters. The quantitative estimate of drug-likeness (QED) is 0.634. The molecular weight excluding hydrogens is 378 g/mol. The van der Waals surface area contributed by atoms with Gasteiger partial charge in [-0.1, -0.05) is 36.0 Å². The average Bonchev–Trinajstić information content (AvgIpc) is 3.35. The SMILES string of the molecule is Cc1ccccc1-c1nnc(SCC(=O)N[C@@H](C)c2ccc3c(c2)OCO3)o1. The van der Waals surface area contributed by atoms with Crippen molar-refractivity contribution in [3.05, 3.63) is 53.6 Å². The summed E-state index contributed by atoms with van der Waals surface area (Å²) < 4.78 is 16.4. The third kappa shape index (κ3) is 3.96. The van der Waals surface area contributed by atoms with Crippen molar-refractivity contribution in [3.8, 4) is 23.0 Å². The number of amides is 1. The molecule has 0 radical (unpaired) electrons. The third-order valence-electron chi connectivity index (χ3n) is 4.38. The van der Waals surface area contributed by atoms with Crippen molar-refractivity contribution in [1.29, 1.82) is 0 Å². The van der Waals surface area contributed by atoms with Gasteiger partial charge in [-0.3, -0.25) is 4.79 Å². The second kappa shape index (κ2) is 7.93. The van der Waals surface area contributed by atoms with Gasteiger partial charge < -0.3 is 19.2 Å². The molecule has 0 bridgehead atoms. The average molecular weight is 397 g/mol. The number of thioether (sulfide) groups is 1. The van der Waals surface area contributed by atoms with Gasteiger partial charge in [0.25, 0.3) is 5.22 Å². The lowest BCUT2D eigenvalue weighted by Gasteiger charge is -2.14. The van der Waals surface area contributed by atoms with E-state index in [0.717, 1.165) is 22.4 Å². The van der Waals surface area contributed by atoms with Crippen molar-refractivity contribution >= 4 is 17.7 Å². The minimum Gasteiger partial charge on any atom is -0.454 e. The minimum absolute atomic E-state index is 0.120. The van der Waals surface area contributed by atoms with Gasteiger partial charge >= 0.3 is 0 Å². The second-order valence-electron chi connectivity index (χ2n) is 6.38. The van der Waals surface area contributed by atoms with Crippen molar-refractivity contribution in [2.45, 2.75) is 25.1 Å². The maximum atomic E-state index is 12.3. The Hall–Kier alpha value is -3.00. The summed E-state index contributed by atoms with van der Waals surface area (Å²) in [5.74, 6) is 1.94. The molecule has 4 rings (SSSR count). The van der Waals surface area contributed by atoms with Gasteiger partial charge in [-0.25, -0.2) is 0 Å². The van der Waals surface area contributed by atoms with E-state index in [1.54, 1.807) is 0 Å². The number of rotatable bonds is 6. The molecule has 0 aliphatic carbocycles. The zero-order valence-corrected chi connectivity index (χ0v) is 16.3. The molecule has 28 heavy (non-hydrogen) atoms. The van der Waals surface area contributed by atoms with Crippen LogP contribution in [0.2, 0.25) is 0 Å². The number of ether oxygens (including phenoxy) is 2. The minimum atomic E-state index is -0.159. The van der Waals surface area contributed by atoms with E-state index in [-0.39, 0.29) is 24.5 Å². The first-order valence-electron chi connectivity index (χ1n) is 8.81. The van der Waals surface area contributed by atoms with Gasteiger partial charge in [0.2, 0.25) is 18.6 Å². The van der Waals surface area contributed by atoms with E-state index >= 15 is 0 Å². The monoisotopic (exact) mass is 397 g/mol. The number of nitrogens with zero attached hydrogens (tertiary/aromatic N) is 2. The Morgan fingerprint density at radius 3 is 2.86 bits per heavy atom. The van der Waals surface area contributed by atoms with E-state index in [4.69, 9.17) is 13.9 Å². The maximum Gasteiger partial charge on any atom is 0.277 e. The van der Waals surface area contributed by atoms with Crippen LogP contribution in [0.25, 0.3) is 11.5 Å². The van der Waals surface area contributed by atoms with Gasteiger partial charge in [0, 0.05) is 5.56 Å². The van der Waals surface area contributed by atoms with Crippen LogP contribution in [0.1, 0.15) is 24.1 Å². The fourth-order valence-corrected chi connectivity index (χ4v) is 3.44. The molecule has 1 atom stereocenters. The zero-order chi connectivity index (χ0) is 19.5. The third-order valence-corrected chi connectivity index (χ3v) is 5.20. The second-order valence-corrected chi connectivity index (χ2v) is 7.31. The van der Waals surface area contributed by atoms with E-state index in [1.807, 2.05) is 56.3 Å². The molecule has 1 aliphatic rings. The molecule has 144 valence electrons. The van der Waals surface area contributed by atoms with Crippen LogP contribution in [0.15, 0.2) is 52.1 Å². The topological polar surface area (TPSA) is 86.5 Å². The number of benzene rings is 2. The van der Waals surface area contributed by atoms with Gasteiger partial charge in [-0.2, -0.15) is 0 Å². The van der Waals surface area contributed by atoms with Crippen LogP contribution in [0.5, 0.6) is 11.5 Å². The lowest BCUT2D eigenvalue weighted by molar-refractivity contribution is -0.119.